The number of pyridine rings is 1. The lowest BCUT2D eigenvalue weighted by molar-refractivity contribution is -0.135. The molecular weight excluding hydrogens is 517 g/mol. The molecule has 0 spiro atoms. The number of fused-ring (bicyclic) bond motifs is 5. The minimum absolute atomic E-state index is 0.325. The van der Waals surface area contributed by atoms with Crippen LogP contribution in [0.15, 0.2) is 85.1 Å². The molecule has 0 aliphatic carbocycles. The third kappa shape index (κ3) is 4.14. The Morgan fingerprint density at radius 3 is 2.26 bits per heavy atom. The van der Waals surface area contributed by atoms with Gasteiger partial charge in [0.1, 0.15) is 11.9 Å². The Labute approximate surface area is 225 Å². The van der Waals surface area contributed by atoms with E-state index in [1.54, 1.807) is 13.8 Å². The molecule has 2 atom stereocenters. The van der Waals surface area contributed by atoms with Crippen molar-refractivity contribution in [3.8, 4) is 0 Å². The zero-order valence-electron chi connectivity index (χ0n) is 21.6. The number of rotatable bonds is 6. The quantitative estimate of drug-likeness (QED) is 0.202. The summed E-state index contributed by atoms with van der Waals surface area (Å²) in [7, 11) is -2.83. The SMILES string of the molecule is CC(C)N(C)S(=O)(=O)O[C@H]1C(=O)N(c2cc3c4ccccc4ccc3c3ccccc23)[C@@H]1c1ccc(F)cn1. The zero-order valence-corrected chi connectivity index (χ0v) is 22.4. The molecule has 1 saturated heterocycles. The van der Waals surface area contributed by atoms with Gasteiger partial charge >= 0.3 is 10.3 Å². The minimum Gasteiger partial charge on any atom is -0.297 e. The van der Waals surface area contributed by atoms with Gasteiger partial charge in [-0.2, -0.15) is 12.7 Å². The lowest BCUT2D eigenvalue weighted by atomic mass is 9.90. The molecule has 1 fully saturated rings. The summed E-state index contributed by atoms with van der Waals surface area (Å²) in [6, 6.07) is 23.3. The Balaban J connectivity index is 1.55. The van der Waals surface area contributed by atoms with Crippen molar-refractivity contribution in [2.45, 2.75) is 32.0 Å². The first-order valence-corrected chi connectivity index (χ1v) is 14.0. The van der Waals surface area contributed by atoms with Crippen molar-refractivity contribution in [3.05, 3.63) is 96.6 Å². The summed E-state index contributed by atoms with van der Waals surface area (Å²) in [6.07, 6.45) is -0.301. The third-order valence-electron chi connectivity index (χ3n) is 7.41. The summed E-state index contributed by atoms with van der Waals surface area (Å²) < 4.78 is 46.3. The fourth-order valence-corrected chi connectivity index (χ4v) is 6.27. The smallest absolute Gasteiger partial charge is 0.297 e. The minimum atomic E-state index is -4.23. The standard InChI is InChI=1S/C30H26FN3O4S/c1-18(2)33(3)39(36,37)38-29-28(26-15-13-20(31)17-32-26)34(30(29)35)27-16-25-21-9-5-4-8-19(21)12-14-23(25)22-10-6-7-11-24(22)27/h4-18,28-29H,1-3H3/t28-,29-/m1/s1. The molecule has 0 saturated carbocycles. The van der Waals surface area contributed by atoms with Crippen LogP contribution >= 0.6 is 0 Å². The van der Waals surface area contributed by atoms with Crippen molar-refractivity contribution < 1.29 is 21.8 Å². The van der Waals surface area contributed by atoms with E-state index in [-0.39, 0.29) is 6.04 Å². The van der Waals surface area contributed by atoms with E-state index < -0.39 is 34.2 Å². The molecule has 7 nitrogen and oxygen atoms in total. The second kappa shape index (κ2) is 9.37. The van der Waals surface area contributed by atoms with Gasteiger partial charge < -0.3 is 0 Å². The lowest BCUT2D eigenvalue weighted by Crippen LogP contribution is -2.61. The van der Waals surface area contributed by atoms with Crippen LogP contribution < -0.4 is 4.90 Å². The molecule has 6 rings (SSSR count). The van der Waals surface area contributed by atoms with E-state index in [0.717, 1.165) is 42.8 Å². The van der Waals surface area contributed by atoms with Crippen molar-refractivity contribution in [1.82, 2.24) is 9.29 Å². The molecule has 1 aliphatic heterocycles. The highest BCUT2D eigenvalue weighted by atomic mass is 32.2. The predicted molar refractivity (Wildman–Crippen MR) is 150 cm³/mol. The Kier molecular flexibility index (Phi) is 6.10. The molecule has 4 aromatic carbocycles. The number of hydrogen-bond donors (Lipinski definition) is 0. The van der Waals surface area contributed by atoms with Gasteiger partial charge in [-0.15, -0.1) is 0 Å². The van der Waals surface area contributed by atoms with Crippen LogP contribution in [0.25, 0.3) is 32.3 Å². The van der Waals surface area contributed by atoms with Crippen molar-refractivity contribution in [2.24, 2.45) is 0 Å². The van der Waals surface area contributed by atoms with Gasteiger partial charge in [0.05, 0.1) is 17.6 Å². The van der Waals surface area contributed by atoms with E-state index in [1.165, 1.54) is 24.1 Å². The highest BCUT2D eigenvalue weighted by molar-refractivity contribution is 7.84. The van der Waals surface area contributed by atoms with Gasteiger partial charge in [-0.1, -0.05) is 60.7 Å². The molecule has 5 aromatic rings. The summed E-state index contributed by atoms with van der Waals surface area (Å²) in [6.45, 7) is 3.42. The number of halogens is 1. The summed E-state index contributed by atoms with van der Waals surface area (Å²) in [5, 5.41) is 5.85. The highest BCUT2D eigenvalue weighted by Crippen LogP contribution is 2.46. The molecular formula is C30H26FN3O4S. The first kappa shape index (κ1) is 25.4. The molecule has 1 aromatic heterocycles. The fourth-order valence-electron chi connectivity index (χ4n) is 5.17. The van der Waals surface area contributed by atoms with Crippen LogP contribution in [0.3, 0.4) is 0 Å². The number of nitrogens with zero attached hydrogens (tertiary/aromatic N) is 3. The Morgan fingerprint density at radius 1 is 0.897 bits per heavy atom. The average molecular weight is 544 g/mol. The summed E-state index contributed by atoms with van der Waals surface area (Å²) in [5.41, 5.74) is 0.926. The first-order valence-electron chi connectivity index (χ1n) is 12.6. The van der Waals surface area contributed by atoms with Crippen LogP contribution in [0.2, 0.25) is 0 Å². The molecule has 0 unspecified atom stereocenters. The van der Waals surface area contributed by atoms with E-state index in [4.69, 9.17) is 4.18 Å². The molecule has 0 N–H and O–H groups in total. The molecule has 0 radical (unpaired) electrons. The van der Waals surface area contributed by atoms with E-state index >= 15 is 0 Å². The number of hydrogen-bond acceptors (Lipinski definition) is 5. The second-order valence-electron chi connectivity index (χ2n) is 9.96. The maximum atomic E-state index is 13.8. The topological polar surface area (TPSA) is 79.8 Å². The van der Waals surface area contributed by atoms with Gasteiger partial charge in [-0.25, -0.2) is 8.57 Å². The van der Waals surface area contributed by atoms with Crippen molar-refractivity contribution in [2.75, 3.05) is 11.9 Å². The summed E-state index contributed by atoms with van der Waals surface area (Å²) >= 11 is 0. The molecule has 198 valence electrons. The van der Waals surface area contributed by atoms with Crippen molar-refractivity contribution in [1.29, 1.82) is 0 Å². The van der Waals surface area contributed by atoms with E-state index in [0.29, 0.717) is 11.4 Å². The van der Waals surface area contributed by atoms with Gasteiger partial charge in [0.25, 0.3) is 5.91 Å². The number of carbonyl (C=O) groups excluding carboxylic acids is 1. The van der Waals surface area contributed by atoms with E-state index in [2.05, 4.69) is 17.1 Å². The van der Waals surface area contributed by atoms with Crippen LogP contribution in [0.5, 0.6) is 0 Å². The van der Waals surface area contributed by atoms with Crippen molar-refractivity contribution in [3.63, 3.8) is 0 Å². The molecule has 1 amide bonds. The van der Waals surface area contributed by atoms with E-state index in [1.807, 2.05) is 54.6 Å². The first-order chi connectivity index (χ1) is 18.7. The van der Waals surface area contributed by atoms with Crippen LogP contribution in [-0.2, 0) is 19.3 Å². The lowest BCUT2D eigenvalue weighted by Gasteiger charge is -2.46. The molecule has 39 heavy (non-hydrogen) atoms. The van der Waals surface area contributed by atoms with Crippen LogP contribution in [0.1, 0.15) is 25.6 Å². The van der Waals surface area contributed by atoms with Gasteiger partial charge in [-0.3, -0.25) is 14.7 Å². The van der Waals surface area contributed by atoms with Gasteiger partial charge in [0.15, 0.2) is 6.10 Å². The zero-order chi connectivity index (χ0) is 27.5. The molecule has 1 aliphatic rings. The number of carbonyl (C=O) groups is 1. The summed E-state index contributed by atoms with van der Waals surface area (Å²) in [4.78, 5) is 19.5. The van der Waals surface area contributed by atoms with E-state index in [9.17, 15) is 17.6 Å². The normalized spacial score (nSPS) is 18.0. The maximum absolute atomic E-state index is 13.8. The molecule has 0 bridgehead atoms. The number of anilines is 1. The number of β-lactam (4-membered cyclic amide) rings is 1. The third-order valence-corrected chi connectivity index (χ3v) is 8.99. The Hall–Kier alpha value is -3.92. The Morgan fingerprint density at radius 2 is 1.56 bits per heavy atom. The number of benzene rings is 4. The number of amides is 1. The highest BCUT2D eigenvalue weighted by Gasteiger charge is 2.54. The van der Waals surface area contributed by atoms with Gasteiger partial charge in [-0.05, 0) is 59.0 Å². The molecule has 9 heteroatoms. The fraction of sp³-hybridized carbons (Fsp3) is 0.200. The summed E-state index contributed by atoms with van der Waals surface area (Å²) in [5.74, 6) is -1.06. The van der Waals surface area contributed by atoms with Crippen LogP contribution in [0, 0.1) is 5.82 Å². The predicted octanol–water partition coefficient (Wildman–Crippen LogP) is 5.74. The van der Waals surface area contributed by atoms with Crippen LogP contribution in [-0.4, -0.2) is 42.8 Å². The van der Waals surface area contributed by atoms with Crippen LogP contribution in [0.4, 0.5) is 10.1 Å². The van der Waals surface area contributed by atoms with Gasteiger partial charge in [0.2, 0.25) is 0 Å². The second-order valence-corrected chi connectivity index (χ2v) is 11.6. The monoisotopic (exact) mass is 543 g/mol. The number of aromatic nitrogens is 1. The van der Waals surface area contributed by atoms with Crippen molar-refractivity contribution >= 4 is 54.2 Å². The van der Waals surface area contributed by atoms with Gasteiger partial charge in [0, 0.05) is 18.5 Å². The molecule has 2 heterocycles. The largest absolute Gasteiger partial charge is 0.339 e. The average Bonchev–Trinajstić information content (AvgIpc) is 2.94. The Bertz CT molecular complexity index is 1860. The maximum Gasteiger partial charge on any atom is 0.339 e.